The molecule has 0 atom stereocenters. The molecule has 0 saturated heterocycles. The summed E-state index contributed by atoms with van der Waals surface area (Å²) >= 11 is 1.28. The molecule has 8 nitrogen and oxygen atoms in total. The maximum Gasteiger partial charge on any atom is 0.263 e. The molecule has 1 amide bonds. The highest BCUT2D eigenvalue weighted by molar-refractivity contribution is 7.17. The number of H-pyrrole nitrogens is 1. The Morgan fingerprint density at radius 2 is 2.20 bits per heavy atom. The van der Waals surface area contributed by atoms with Gasteiger partial charge in [0.1, 0.15) is 16.5 Å². The number of nitrogens with zero attached hydrogens (tertiary/aromatic N) is 4. The maximum absolute atomic E-state index is 12.3. The fraction of sp³-hybridized carbons (Fsp3) is 0.125. The Morgan fingerprint density at radius 3 is 3.00 bits per heavy atom. The number of hydrogen-bond acceptors (Lipinski definition) is 6. The molecule has 0 radical (unpaired) electrons. The van der Waals surface area contributed by atoms with Crippen molar-refractivity contribution in [2.24, 2.45) is 7.05 Å². The van der Waals surface area contributed by atoms with Gasteiger partial charge in [-0.2, -0.15) is 5.10 Å². The minimum atomic E-state index is -0.184. The number of aryl methyl sites for hydroxylation is 1. The number of rotatable bonds is 5. The van der Waals surface area contributed by atoms with Crippen molar-refractivity contribution in [1.29, 1.82) is 0 Å². The summed E-state index contributed by atoms with van der Waals surface area (Å²) in [6.45, 7) is 0.329. The van der Waals surface area contributed by atoms with Crippen LogP contribution in [0.15, 0.2) is 42.7 Å². The number of imidazole rings is 1. The lowest BCUT2D eigenvalue weighted by atomic mass is 10.3. The third kappa shape index (κ3) is 3.22. The summed E-state index contributed by atoms with van der Waals surface area (Å²) in [6.07, 6.45) is 3.24. The number of para-hydroxylation sites is 2. The average molecular weight is 353 g/mol. The number of anilines is 2. The smallest absolute Gasteiger partial charge is 0.263 e. The van der Waals surface area contributed by atoms with E-state index < -0.39 is 0 Å². The minimum absolute atomic E-state index is 0.184. The van der Waals surface area contributed by atoms with E-state index in [0.717, 1.165) is 16.9 Å². The van der Waals surface area contributed by atoms with Crippen LogP contribution >= 0.6 is 11.3 Å². The summed E-state index contributed by atoms with van der Waals surface area (Å²) in [4.78, 5) is 24.7. The van der Waals surface area contributed by atoms with Gasteiger partial charge in [-0.3, -0.25) is 9.48 Å². The zero-order valence-corrected chi connectivity index (χ0v) is 14.2. The average Bonchev–Trinajstić information content (AvgIpc) is 3.33. The molecule has 3 aromatic heterocycles. The molecule has 0 unspecified atom stereocenters. The normalized spacial score (nSPS) is 10.9. The van der Waals surface area contributed by atoms with E-state index in [1.54, 1.807) is 17.1 Å². The van der Waals surface area contributed by atoms with Crippen molar-refractivity contribution in [2.45, 2.75) is 6.54 Å². The summed E-state index contributed by atoms with van der Waals surface area (Å²) in [5, 5.41) is 10.7. The van der Waals surface area contributed by atoms with Gasteiger partial charge in [0.2, 0.25) is 0 Å². The van der Waals surface area contributed by atoms with Crippen LogP contribution in [0, 0.1) is 0 Å². The number of carbonyl (C=O) groups is 1. The van der Waals surface area contributed by atoms with E-state index in [0.29, 0.717) is 22.4 Å². The van der Waals surface area contributed by atoms with Crippen molar-refractivity contribution in [3.05, 3.63) is 53.4 Å². The molecular formula is C16H15N7OS. The van der Waals surface area contributed by atoms with Gasteiger partial charge >= 0.3 is 0 Å². The molecule has 0 saturated carbocycles. The van der Waals surface area contributed by atoms with Crippen molar-refractivity contribution >= 4 is 39.2 Å². The molecule has 0 aliphatic carbocycles. The second kappa shape index (κ2) is 6.36. The van der Waals surface area contributed by atoms with Crippen LogP contribution in [-0.2, 0) is 13.6 Å². The first-order valence-corrected chi connectivity index (χ1v) is 8.43. The number of thiazole rings is 1. The van der Waals surface area contributed by atoms with Crippen molar-refractivity contribution in [3.8, 4) is 0 Å². The topological polar surface area (TPSA) is 101 Å². The van der Waals surface area contributed by atoms with Gasteiger partial charge in [0.25, 0.3) is 5.91 Å². The number of amides is 1. The summed E-state index contributed by atoms with van der Waals surface area (Å²) in [7, 11) is 1.83. The predicted molar refractivity (Wildman–Crippen MR) is 95.9 cm³/mol. The van der Waals surface area contributed by atoms with E-state index in [1.165, 1.54) is 11.3 Å². The molecule has 0 fully saturated rings. The fourth-order valence-corrected chi connectivity index (χ4v) is 3.12. The maximum atomic E-state index is 12.3. The van der Waals surface area contributed by atoms with Gasteiger partial charge in [0.05, 0.1) is 30.0 Å². The van der Waals surface area contributed by atoms with Gasteiger partial charge in [0.15, 0.2) is 5.13 Å². The van der Waals surface area contributed by atoms with E-state index in [1.807, 2.05) is 37.4 Å². The summed E-state index contributed by atoms with van der Waals surface area (Å²) in [6, 6.07) is 9.59. The van der Waals surface area contributed by atoms with E-state index in [9.17, 15) is 4.79 Å². The van der Waals surface area contributed by atoms with E-state index in [-0.39, 0.29) is 5.91 Å². The third-order valence-corrected chi connectivity index (χ3v) is 4.55. The first-order chi connectivity index (χ1) is 12.2. The van der Waals surface area contributed by atoms with E-state index in [2.05, 4.69) is 30.7 Å². The monoisotopic (exact) mass is 353 g/mol. The fourth-order valence-electron chi connectivity index (χ4n) is 2.38. The molecule has 4 rings (SSSR count). The van der Waals surface area contributed by atoms with Crippen LogP contribution in [-0.4, -0.2) is 30.6 Å². The van der Waals surface area contributed by atoms with E-state index >= 15 is 0 Å². The van der Waals surface area contributed by atoms with Crippen molar-refractivity contribution < 1.29 is 4.79 Å². The first-order valence-electron chi connectivity index (χ1n) is 7.62. The molecular weight excluding hydrogens is 338 g/mol. The highest BCUT2D eigenvalue weighted by Crippen LogP contribution is 2.22. The molecule has 1 aromatic carbocycles. The van der Waals surface area contributed by atoms with Gasteiger partial charge in [0, 0.05) is 13.1 Å². The number of carbonyl (C=O) groups excluding carboxylic acids is 1. The SMILES string of the molecule is Cn1nccc1Nc1ncc(C(=O)NCc2nc3ccccc3[nH]2)s1. The number of fused-ring (bicyclic) bond motifs is 1. The molecule has 0 aliphatic heterocycles. The lowest BCUT2D eigenvalue weighted by molar-refractivity contribution is 0.0954. The largest absolute Gasteiger partial charge is 0.344 e. The molecule has 0 aliphatic rings. The predicted octanol–water partition coefficient (Wildman–Crippen LogP) is 2.43. The van der Waals surface area contributed by atoms with Crippen LogP contribution in [0.25, 0.3) is 11.0 Å². The van der Waals surface area contributed by atoms with Crippen LogP contribution in [0.5, 0.6) is 0 Å². The van der Waals surface area contributed by atoms with Gasteiger partial charge in [-0.1, -0.05) is 23.5 Å². The van der Waals surface area contributed by atoms with Crippen LogP contribution < -0.4 is 10.6 Å². The zero-order valence-electron chi connectivity index (χ0n) is 13.4. The van der Waals surface area contributed by atoms with Crippen molar-refractivity contribution in [3.63, 3.8) is 0 Å². The number of benzene rings is 1. The van der Waals surface area contributed by atoms with E-state index in [4.69, 9.17) is 0 Å². The Kier molecular flexibility index (Phi) is 3.90. The van der Waals surface area contributed by atoms with Crippen LogP contribution in [0.4, 0.5) is 10.9 Å². The summed E-state index contributed by atoms with van der Waals surface area (Å²) < 4.78 is 1.70. The second-order valence-corrected chi connectivity index (χ2v) is 6.41. The molecule has 0 spiro atoms. The number of aromatic amines is 1. The zero-order chi connectivity index (χ0) is 17.2. The summed E-state index contributed by atoms with van der Waals surface area (Å²) in [5.41, 5.74) is 1.83. The molecule has 126 valence electrons. The van der Waals surface area contributed by atoms with Crippen molar-refractivity contribution in [1.82, 2.24) is 30.0 Å². The number of nitrogens with one attached hydrogen (secondary N) is 3. The Bertz CT molecular complexity index is 999. The highest BCUT2D eigenvalue weighted by Gasteiger charge is 2.12. The third-order valence-electron chi connectivity index (χ3n) is 3.64. The Hall–Kier alpha value is -3.20. The quantitative estimate of drug-likeness (QED) is 0.512. The standard InChI is InChI=1S/C16H15N7OS/c1-23-14(6-7-19-23)22-16-18-8-12(25-16)15(24)17-9-13-20-10-4-2-3-5-11(10)21-13/h2-8H,9H2,1H3,(H,17,24)(H,18,22)(H,20,21). The van der Waals surface area contributed by atoms with Gasteiger partial charge in [-0.05, 0) is 12.1 Å². The lowest BCUT2D eigenvalue weighted by Crippen LogP contribution is -2.22. The van der Waals surface area contributed by atoms with Gasteiger partial charge in [-0.15, -0.1) is 0 Å². The second-order valence-electron chi connectivity index (χ2n) is 5.38. The highest BCUT2D eigenvalue weighted by atomic mass is 32.1. The molecule has 25 heavy (non-hydrogen) atoms. The number of aromatic nitrogens is 5. The van der Waals surface area contributed by atoms with Crippen molar-refractivity contribution in [2.75, 3.05) is 5.32 Å². The molecule has 3 heterocycles. The molecule has 9 heteroatoms. The Morgan fingerprint density at radius 1 is 1.32 bits per heavy atom. The van der Waals surface area contributed by atoms with Crippen LogP contribution in [0.3, 0.4) is 0 Å². The Labute approximate surface area is 146 Å². The first kappa shape index (κ1) is 15.3. The number of hydrogen-bond donors (Lipinski definition) is 3. The lowest BCUT2D eigenvalue weighted by Gasteiger charge is -2.01. The van der Waals surface area contributed by atoms with Crippen LogP contribution in [0.2, 0.25) is 0 Å². The Balaban J connectivity index is 1.40. The molecule has 0 bridgehead atoms. The minimum Gasteiger partial charge on any atom is -0.344 e. The molecule has 3 N–H and O–H groups in total. The van der Waals surface area contributed by atoms with Gasteiger partial charge in [-0.25, -0.2) is 9.97 Å². The summed E-state index contributed by atoms with van der Waals surface area (Å²) in [5.74, 6) is 1.34. The van der Waals surface area contributed by atoms with Gasteiger partial charge < -0.3 is 15.6 Å². The molecule has 4 aromatic rings. The van der Waals surface area contributed by atoms with Crippen LogP contribution in [0.1, 0.15) is 15.5 Å².